The number of hydrogen-bond acceptors (Lipinski definition) is 4. The molecule has 1 unspecified atom stereocenters. The summed E-state index contributed by atoms with van der Waals surface area (Å²) >= 11 is 5.97. The fourth-order valence-corrected chi connectivity index (χ4v) is 5.61. The second-order valence-corrected chi connectivity index (χ2v) is 9.44. The van der Waals surface area contributed by atoms with E-state index in [2.05, 4.69) is 5.32 Å². The van der Waals surface area contributed by atoms with E-state index in [1.807, 2.05) is 6.92 Å². The summed E-state index contributed by atoms with van der Waals surface area (Å²) in [6.07, 6.45) is 3.24. The molecule has 2 aromatic rings. The second-order valence-electron chi connectivity index (χ2n) is 7.11. The minimum absolute atomic E-state index is 0.0956. The van der Waals surface area contributed by atoms with Crippen molar-refractivity contribution in [1.82, 2.24) is 4.31 Å². The largest absolute Gasteiger partial charge is 0.495 e. The molecule has 1 aliphatic heterocycles. The van der Waals surface area contributed by atoms with Crippen LogP contribution in [0.25, 0.3) is 0 Å². The highest BCUT2D eigenvalue weighted by atomic mass is 35.5. The third-order valence-corrected chi connectivity index (χ3v) is 7.43. The van der Waals surface area contributed by atoms with E-state index in [0.29, 0.717) is 23.7 Å². The Kier molecular flexibility index (Phi) is 7.00. The number of ether oxygens (including phenoxy) is 1. The van der Waals surface area contributed by atoms with Gasteiger partial charge in [0, 0.05) is 17.6 Å². The number of rotatable bonds is 6. The molecular formula is C21H24ClFN2O4S. The van der Waals surface area contributed by atoms with Gasteiger partial charge in [0.15, 0.2) is 0 Å². The van der Waals surface area contributed by atoms with Gasteiger partial charge in [-0.3, -0.25) is 4.79 Å². The van der Waals surface area contributed by atoms with Crippen molar-refractivity contribution in [2.24, 2.45) is 0 Å². The predicted molar refractivity (Wildman–Crippen MR) is 114 cm³/mol. The van der Waals surface area contributed by atoms with Gasteiger partial charge in [-0.05, 0) is 55.7 Å². The lowest BCUT2D eigenvalue weighted by Crippen LogP contribution is -2.43. The van der Waals surface area contributed by atoms with Crippen LogP contribution >= 0.6 is 11.6 Å². The third-order valence-electron chi connectivity index (χ3n) is 5.24. The van der Waals surface area contributed by atoms with Crippen LogP contribution in [0.5, 0.6) is 5.75 Å². The molecule has 30 heavy (non-hydrogen) atoms. The lowest BCUT2D eigenvalue weighted by Gasteiger charge is -2.34. The van der Waals surface area contributed by atoms with Crippen molar-refractivity contribution in [2.45, 2.75) is 43.5 Å². The molecule has 6 nitrogen and oxygen atoms in total. The number of sulfonamides is 1. The molecule has 162 valence electrons. The maximum atomic E-state index is 14.4. The molecule has 0 aliphatic carbocycles. The van der Waals surface area contributed by atoms with Gasteiger partial charge >= 0.3 is 0 Å². The lowest BCUT2D eigenvalue weighted by atomic mass is 10.0. The Morgan fingerprint density at radius 1 is 1.27 bits per heavy atom. The summed E-state index contributed by atoms with van der Waals surface area (Å²) in [7, 11) is -2.42. The predicted octanol–water partition coefficient (Wildman–Crippen LogP) is 4.69. The van der Waals surface area contributed by atoms with Crippen LogP contribution in [0.4, 0.5) is 10.1 Å². The highest BCUT2D eigenvalue weighted by molar-refractivity contribution is 7.89. The summed E-state index contributed by atoms with van der Waals surface area (Å²) in [6.45, 7) is 2.36. The monoisotopic (exact) mass is 454 g/mol. The number of nitrogens with one attached hydrogen (secondary N) is 1. The molecule has 0 spiro atoms. The van der Waals surface area contributed by atoms with Gasteiger partial charge in [-0.1, -0.05) is 24.9 Å². The summed E-state index contributed by atoms with van der Waals surface area (Å²) in [5, 5.41) is 2.90. The average molecular weight is 455 g/mol. The Bertz CT molecular complexity index is 1050. The minimum Gasteiger partial charge on any atom is -0.495 e. The van der Waals surface area contributed by atoms with E-state index in [1.165, 1.54) is 23.5 Å². The molecule has 1 N–H and O–H groups in total. The van der Waals surface area contributed by atoms with E-state index in [0.717, 1.165) is 31.4 Å². The zero-order chi connectivity index (χ0) is 21.9. The van der Waals surface area contributed by atoms with Crippen LogP contribution < -0.4 is 10.1 Å². The fourth-order valence-electron chi connectivity index (χ4n) is 3.64. The van der Waals surface area contributed by atoms with Gasteiger partial charge in [-0.2, -0.15) is 4.31 Å². The van der Waals surface area contributed by atoms with Crippen molar-refractivity contribution >= 4 is 33.2 Å². The van der Waals surface area contributed by atoms with E-state index in [9.17, 15) is 17.6 Å². The maximum Gasteiger partial charge on any atom is 0.258 e. The fraction of sp³-hybridized carbons (Fsp3) is 0.381. The minimum atomic E-state index is -3.85. The quantitative estimate of drug-likeness (QED) is 0.686. The summed E-state index contributed by atoms with van der Waals surface area (Å²) in [5.74, 6) is -1.27. The van der Waals surface area contributed by atoms with Crippen molar-refractivity contribution in [2.75, 3.05) is 19.0 Å². The number of halogens is 2. The number of amides is 1. The maximum absolute atomic E-state index is 14.4. The normalized spacial score (nSPS) is 17.5. The van der Waals surface area contributed by atoms with Crippen molar-refractivity contribution in [3.8, 4) is 5.75 Å². The summed E-state index contributed by atoms with van der Waals surface area (Å²) in [4.78, 5) is 12.6. The van der Waals surface area contributed by atoms with E-state index < -0.39 is 21.7 Å². The van der Waals surface area contributed by atoms with Gasteiger partial charge in [0.05, 0.1) is 23.3 Å². The molecule has 1 saturated heterocycles. The van der Waals surface area contributed by atoms with Gasteiger partial charge in [-0.25, -0.2) is 12.8 Å². The Balaban J connectivity index is 1.93. The van der Waals surface area contributed by atoms with Crippen LogP contribution in [0.2, 0.25) is 5.02 Å². The van der Waals surface area contributed by atoms with Crippen LogP contribution in [-0.2, 0) is 10.0 Å². The number of piperidine rings is 1. The highest BCUT2D eigenvalue weighted by Crippen LogP contribution is 2.30. The molecule has 3 rings (SSSR count). The molecule has 9 heteroatoms. The number of benzene rings is 2. The van der Waals surface area contributed by atoms with E-state index in [4.69, 9.17) is 16.3 Å². The van der Waals surface area contributed by atoms with Gasteiger partial charge in [-0.15, -0.1) is 0 Å². The van der Waals surface area contributed by atoms with E-state index in [-0.39, 0.29) is 22.2 Å². The Morgan fingerprint density at radius 2 is 2.03 bits per heavy atom. The molecule has 1 aliphatic rings. The van der Waals surface area contributed by atoms with Gasteiger partial charge in [0.25, 0.3) is 5.91 Å². The lowest BCUT2D eigenvalue weighted by molar-refractivity contribution is 0.102. The first kappa shape index (κ1) is 22.5. The summed E-state index contributed by atoms with van der Waals surface area (Å²) < 4.78 is 47.4. The molecule has 0 radical (unpaired) electrons. The molecule has 1 amide bonds. The topological polar surface area (TPSA) is 75.7 Å². The van der Waals surface area contributed by atoms with Gasteiger partial charge in [0.2, 0.25) is 10.0 Å². The molecular weight excluding hydrogens is 431 g/mol. The smallest absolute Gasteiger partial charge is 0.258 e. The van der Waals surface area contributed by atoms with Crippen LogP contribution in [0.3, 0.4) is 0 Å². The average Bonchev–Trinajstić information content (AvgIpc) is 2.74. The van der Waals surface area contributed by atoms with E-state index >= 15 is 0 Å². The zero-order valence-electron chi connectivity index (χ0n) is 16.8. The molecule has 1 fully saturated rings. The van der Waals surface area contributed by atoms with Crippen LogP contribution in [0.15, 0.2) is 41.3 Å². The molecule has 0 bridgehead atoms. The number of nitrogens with zero attached hydrogens (tertiary/aromatic N) is 1. The molecule has 0 saturated carbocycles. The number of hydrogen-bond donors (Lipinski definition) is 1. The standard InChI is InChI=1S/C21H24ClFN2O4S/c1-3-15-6-4-5-11-25(15)30(27,28)16-8-9-18(23)17(13-16)21(26)24-19-12-14(22)7-10-20(19)29-2/h7-10,12-13,15H,3-6,11H2,1-2H3,(H,24,26). The number of carbonyl (C=O) groups excluding carboxylic acids is 1. The molecule has 1 heterocycles. The van der Waals surface area contributed by atoms with Crippen molar-refractivity contribution in [1.29, 1.82) is 0 Å². The first-order chi connectivity index (χ1) is 14.3. The highest BCUT2D eigenvalue weighted by Gasteiger charge is 2.33. The Labute approximate surface area is 181 Å². The number of anilines is 1. The van der Waals surface area contributed by atoms with Gasteiger partial charge < -0.3 is 10.1 Å². The molecule has 0 aromatic heterocycles. The summed E-state index contributed by atoms with van der Waals surface area (Å²) in [6, 6.07) is 7.81. The van der Waals surface area contributed by atoms with Crippen molar-refractivity contribution in [3.05, 3.63) is 52.8 Å². The number of methoxy groups -OCH3 is 1. The van der Waals surface area contributed by atoms with Crippen LogP contribution in [0, 0.1) is 5.82 Å². The van der Waals surface area contributed by atoms with Crippen LogP contribution in [-0.4, -0.2) is 38.3 Å². The van der Waals surface area contributed by atoms with Gasteiger partial charge in [0.1, 0.15) is 11.6 Å². The van der Waals surface area contributed by atoms with Crippen LogP contribution in [0.1, 0.15) is 43.0 Å². The Morgan fingerprint density at radius 3 is 2.73 bits per heavy atom. The first-order valence-corrected chi connectivity index (χ1v) is 11.6. The molecule has 1 atom stereocenters. The zero-order valence-corrected chi connectivity index (χ0v) is 18.4. The molecule has 2 aromatic carbocycles. The van der Waals surface area contributed by atoms with E-state index in [1.54, 1.807) is 12.1 Å². The third kappa shape index (κ3) is 4.61. The van der Waals surface area contributed by atoms with Crippen molar-refractivity contribution in [3.63, 3.8) is 0 Å². The number of carbonyl (C=O) groups is 1. The SMILES string of the molecule is CCC1CCCCN1S(=O)(=O)c1ccc(F)c(C(=O)Nc2cc(Cl)ccc2OC)c1. The van der Waals surface area contributed by atoms with Crippen molar-refractivity contribution < 1.29 is 22.3 Å². The Hall–Kier alpha value is -2.16. The first-order valence-electron chi connectivity index (χ1n) is 9.74. The second kappa shape index (κ2) is 9.32. The summed E-state index contributed by atoms with van der Waals surface area (Å²) in [5.41, 5.74) is -0.118.